The third-order valence-electron chi connectivity index (χ3n) is 4.06. The van der Waals surface area contributed by atoms with Crippen LogP contribution in [0.3, 0.4) is 0 Å². The van der Waals surface area contributed by atoms with Gasteiger partial charge in [-0.3, -0.25) is 24.0 Å². The number of amides is 3. The van der Waals surface area contributed by atoms with E-state index in [2.05, 4.69) is 10.6 Å². The highest BCUT2D eigenvalue weighted by Gasteiger charge is 2.31. The van der Waals surface area contributed by atoms with Crippen LogP contribution in [0.2, 0.25) is 0 Å². The zero-order valence-corrected chi connectivity index (χ0v) is 16.8. The molecule has 0 spiro atoms. The Morgan fingerprint density at radius 3 is 2.03 bits per heavy atom. The molecule has 0 aliphatic carbocycles. The molecule has 0 aromatic rings. The average molecular weight is 433 g/mol. The number of nitrogens with one attached hydrogen (secondary N) is 3. The van der Waals surface area contributed by atoms with Crippen LogP contribution in [0.15, 0.2) is 0 Å². The van der Waals surface area contributed by atoms with Crippen LogP contribution in [0.25, 0.3) is 0 Å². The van der Waals surface area contributed by atoms with Gasteiger partial charge in [0.05, 0.1) is 12.1 Å². The summed E-state index contributed by atoms with van der Waals surface area (Å²) in [4.78, 5) is 58.2. The van der Waals surface area contributed by atoms with Crippen LogP contribution < -0.4 is 27.4 Å². The van der Waals surface area contributed by atoms with E-state index in [0.29, 0.717) is 25.8 Å². The lowest BCUT2D eigenvalue weighted by Crippen LogP contribution is -2.59. The number of unbranched alkanes of at least 4 members (excludes halogenated alkanes) is 1. The van der Waals surface area contributed by atoms with Crippen molar-refractivity contribution in [1.82, 2.24) is 16.0 Å². The summed E-state index contributed by atoms with van der Waals surface area (Å²) >= 11 is 0. The molecule has 0 aliphatic heterocycles. The highest BCUT2D eigenvalue weighted by molar-refractivity contribution is 5.94. The summed E-state index contributed by atoms with van der Waals surface area (Å²) in [6.07, 6.45) is -0.590. The highest BCUT2D eigenvalue weighted by Crippen LogP contribution is 2.03. The number of aliphatic hydroxyl groups excluding tert-OH is 1. The Morgan fingerprint density at radius 1 is 0.900 bits per heavy atom. The minimum absolute atomic E-state index is 0.315. The van der Waals surface area contributed by atoms with Crippen LogP contribution in [0, 0.1) is 0 Å². The predicted octanol–water partition coefficient (Wildman–Crippen LogP) is -3.14. The van der Waals surface area contributed by atoms with Gasteiger partial charge in [0, 0.05) is 6.42 Å². The summed E-state index contributed by atoms with van der Waals surface area (Å²) in [7, 11) is 0. The number of nitrogens with two attached hydrogens (primary N) is 2. The maximum atomic E-state index is 12.5. The van der Waals surface area contributed by atoms with E-state index in [-0.39, 0.29) is 6.42 Å². The number of rotatable bonds is 15. The number of hydrogen-bond acceptors (Lipinski definition) is 8. The lowest BCUT2D eigenvalue weighted by Gasteiger charge is -2.25. The fourth-order valence-electron chi connectivity index (χ4n) is 2.39. The first-order valence-electron chi connectivity index (χ1n) is 9.45. The van der Waals surface area contributed by atoms with Crippen LogP contribution in [0.5, 0.6) is 0 Å². The van der Waals surface area contributed by atoms with Crippen LogP contribution in [0.4, 0.5) is 0 Å². The van der Waals surface area contributed by atoms with Gasteiger partial charge in [-0.1, -0.05) is 6.42 Å². The third kappa shape index (κ3) is 11.3. The number of aliphatic carboxylic acids is 2. The molecule has 0 heterocycles. The van der Waals surface area contributed by atoms with Crippen molar-refractivity contribution < 1.29 is 39.3 Å². The van der Waals surface area contributed by atoms with Crippen LogP contribution in [-0.2, 0) is 24.0 Å². The fraction of sp³-hybridized carbons (Fsp3) is 0.706. The predicted molar refractivity (Wildman–Crippen MR) is 104 cm³/mol. The molecule has 0 rings (SSSR count). The molecular weight excluding hydrogens is 402 g/mol. The van der Waals surface area contributed by atoms with E-state index in [4.69, 9.17) is 21.7 Å². The van der Waals surface area contributed by atoms with E-state index < -0.39 is 66.9 Å². The van der Waals surface area contributed by atoms with Crippen molar-refractivity contribution in [3.8, 4) is 0 Å². The molecule has 4 atom stereocenters. The van der Waals surface area contributed by atoms with E-state index in [0.717, 1.165) is 0 Å². The van der Waals surface area contributed by atoms with Gasteiger partial charge in [-0.05, 0) is 32.7 Å². The van der Waals surface area contributed by atoms with Crippen molar-refractivity contribution in [2.24, 2.45) is 11.5 Å². The number of hydrogen-bond donors (Lipinski definition) is 8. The van der Waals surface area contributed by atoms with E-state index >= 15 is 0 Å². The Kier molecular flexibility index (Phi) is 12.9. The number of carbonyl (C=O) groups is 5. The molecule has 3 amide bonds. The molecule has 30 heavy (non-hydrogen) atoms. The number of carbonyl (C=O) groups excluding carboxylic acids is 3. The van der Waals surface area contributed by atoms with E-state index in [1.165, 1.54) is 6.92 Å². The first kappa shape index (κ1) is 27.2. The fourth-order valence-corrected chi connectivity index (χ4v) is 2.39. The van der Waals surface area contributed by atoms with Crippen molar-refractivity contribution >= 4 is 29.7 Å². The topological polar surface area (TPSA) is 234 Å². The Bertz CT molecular complexity index is 613. The minimum Gasteiger partial charge on any atom is -0.481 e. The molecule has 0 radical (unpaired) electrons. The molecule has 0 bridgehead atoms. The van der Waals surface area contributed by atoms with Crippen molar-refractivity contribution in [2.45, 2.75) is 63.3 Å². The molecule has 13 nitrogen and oxygen atoms in total. The molecule has 172 valence electrons. The summed E-state index contributed by atoms with van der Waals surface area (Å²) < 4.78 is 0. The van der Waals surface area contributed by atoms with Crippen molar-refractivity contribution in [3.63, 3.8) is 0 Å². The number of aliphatic hydroxyl groups is 1. The van der Waals surface area contributed by atoms with Gasteiger partial charge in [0.25, 0.3) is 0 Å². The quantitative estimate of drug-likeness (QED) is 0.121. The molecule has 0 saturated heterocycles. The van der Waals surface area contributed by atoms with Gasteiger partial charge in [0.2, 0.25) is 17.7 Å². The number of carboxylic acids is 2. The summed E-state index contributed by atoms with van der Waals surface area (Å²) in [6, 6.07) is -3.78. The van der Waals surface area contributed by atoms with E-state index in [1.807, 2.05) is 5.32 Å². The summed E-state index contributed by atoms with van der Waals surface area (Å²) in [5.74, 6) is -5.12. The Hall–Kier alpha value is -2.77. The van der Waals surface area contributed by atoms with Gasteiger partial charge >= 0.3 is 11.9 Å². The maximum absolute atomic E-state index is 12.5. The second-order valence-corrected chi connectivity index (χ2v) is 6.72. The first-order chi connectivity index (χ1) is 14.0. The van der Waals surface area contributed by atoms with Crippen LogP contribution in [0.1, 0.15) is 39.0 Å². The zero-order valence-electron chi connectivity index (χ0n) is 16.8. The van der Waals surface area contributed by atoms with Gasteiger partial charge in [-0.2, -0.15) is 0 Å². The molecule has 4 unspecified atom stereocenters. The van der Waals surface area contributed by atoms with Gasteiger partial charge < -0.3 is 42.7 Å². The summed E-state index contributed by atoms with van der Waals surface area (Å²) in [6.45, 7) is 0.947. The third-order valence-corrected chi connectivity index (χ3v) is 4.06. The van der Waals surface area contributed by atoms with Crippen molar-refractivity contribution in [3.05, 3.63) is 0 Å². The van der Waals surface area contributed by atoms with E-state index in [9.17, 15) is 29.1 Å². The highest BCUT2D eigenvalue weighted by atomic mass is 16.4. The molecule has 0 aromatic carbocycles. The van der Waals surface area contributed by atoms with Crippen molar-refractivity contribution in [2.75, 3.05) is 13.1 Å². The summed E-state index contributed by atoms with van der Waals surface area (Å²) in [5, 5.41) is 33.9. The molecular formula is C17H31N5O8. The van der Waals surface area contributed by atoms with Crippen LogP contribution in [-0.4, -0.2) is 82.3 Å². The first-order valence-corrected chi connectivity index (χ1v) is 9.45. The zero-order chi connectivity index (χ0) is 23.3. The lowest BCUT2D eigenvalue weighted by atomic mass is 10.1. The van der Waals surface area contributed by atoms with E-state index in [1.54, 1.807) is 0 Å². The molecule has 0 fully saturated rings. The van der Waals surface area contributed by atoms with Crippen molar-refractivity contribution in [1.29, 1.82) is 0 Å². The van der Waals surface area contributed by atoms with Gasteiger partial charge in [-0.15, -0.1) is 0 Å². The van der Waals surface area contributed by atoms with Crippen LogP contribution >= 0.6 is 0 Å². The molecule has 0 aromatic heterocycles. The number of carboxylic acid groups (broad SMARTS) is 2. The normalized spacial score (nSPS) is 14.7. The van der Waals surface area contributed by atoms with Gasteiger partial charge in [-0.25, -0.2) is 0 Å². The molecule has 0 saturated carbocycles. The van der Waals surface area contributed by atoms with Gasteiger partial charge in [0.1, 0.15) is 18.6 Å². The largest absolute Gasteiger partial charge is 0.481 e. The monoisotopic (exact) mass is 433 g/mol. The average Bonchev–Trinajstić information content (AvgIpc) is 2.66. The summed E-state index contributed by atoms with van der Waals surface area (Å²) in [5.41, 5.74) is 11.1. The Balaban J connectivity index is 5.12. The smallest absolute Gasteiger partial charge is 0.322 e. The standard InChI is InChI=1S/C17H31N5O8/c1-9(23)14(22-15(28)10(19)4-2-3-7-18)17(30)21-11(5-6-12(24)25)16(29)20-8-13(26)27/h9-11,14,23H,2-8,18-19H2,1H3,(H,20,29)(H,21,30)(H,22,28)(H,24,25)(H,26,27). The molecule has 13 heteroatoms. The molecule has 10 N–H and O–H groups in total. The lowest BCUT2D eigenvalue weighted by molar-refractivity contribution is -0.140. The molecule has 0 aliphatic rings. The SMILES string of the molecule is CC(O)C(NC(=O)C(N)CCCCN)C(=O)NC(CCC(=O)O)C(=O)NCC(=O)O. The maximum Gasteiger partial charge on any atom is 0.322 e. The second-order valence-electron chi connectivity index (χ2n) is 6.72. The second kappa shape index (κ2) is 14.3. The minimum atomic E-state index is -1.46. The Labute approximate surface area is 173 Å². The Morgan fingerprint density at radius 2 is 1.53 bits per heavy atom. The van der Waals surface area contributed by atoms with Gasteiger partial charge in [0.15, 0.2) is 0 Å².